The van der Waals surface area contributed by atoms with Gasteiger partial charge < -0.3 is 15.5 Å². The van der Waals surface area contributed by atoms with Crippen LogP contribution in [0.1, 0.15) is 21.5 Å². The number of likely N-dealkylation sites (N-methyl/N-ethyl adjacent to an activating group) is 1. The first-order valence-corrected chi connectivity index (χ1v) is 8.77. The monoisotopic (exact) mass is 370 g/mol. The normalized spacial score (nSPS) is 11.4. The van der Waals surface area contributed by atoms with E-state index >= 15 is 0 Å². The van der Waals surface area contributed by atoms with Crippen LogP contribution in [0, 0.1) is 12.7 Å². The summed E-state index contributed by atoms with van der Waals surface area (Å²) < 4.78 is 13.1. The number of carbonyl (C=O) groups excluding carboxylic acids is 2. The Labute approximate surface area is 158 Å². The van der Waals surface area contributed by atoms with Crippen LogP contribution in [0.25, 0.3) is 6.08 Å². The summed E-state index contributed by atoms with van der Waals surface area (Å²) in [6, 6.07) is 12.8. The van der Waals surface area contributed by atoms with Gasteiger partial charge in [-0.05, 0) is 42.8 Å². The van der Waals surface area contributed by atoms with E-state index in [-0.39, 0.29) is 23.3 Å². The smallest absolute Gasteiger partial charge is 0.268 e. The first kappa shape index (κ1) is 20.3. The number of rotatable bonds is 7. The second kappa shape index (κ2) is 9.64. The van der Waals surface area contributed by atoms with E-state index in [9.17, 15) is 14.0 Å². The molecular formula is C21H25FN3O2+. The van der Waals surface area contributed by atoms with E-state index in [1.54, 1.807) is 24.3 Å². The first-order chi connectivity index (χ1) is 12.8. The number of aryl methyl sites for hydroxylation is 1. The Morgan fingerprint density at radius 1 is 1.04 bits per heavy atom. The summed E-state index contributed by atoms with van der Waals surface area (Å²) in [7, 11) is 3.97. The Balaban J connectivity index is 2.20. The van der Waals surface area contributed by atoms with Crippen molar-refractivity contribution in [1.82, 2.24) is 10.6 Å². The van der Waals surface area contributed by atoms with Crippen molar-refractivity contribution in [3.8, 4) is 0 Å². The number of nitrogens with one attached hydrogen (secondary N) is 3. The SMILES string of the molecule is Cc1ccc(C(=O)N/C(=C\c2ccc(F)cc2)C(=O)NCC[NH+](C)C)cc1. The van der Waals surface area contributed by atoms with Gasteiger partial charge in [0, 0.05) is 5.56 Å². The molecule has 0 fully saturated rings. The van der Waals surface area contributed by atoms with Crippen molar-refractivity contribution in [3.63, 3.8) is 0 Å². The van der Waals surface area contributed by atoms with Crippen molar-refractivity contribution in [1.29, 1.82) is 0 Å². The fraction of sp³-hybridized carbons (Fsp3) is 0.238. The lowest BCUT2D eigenvalue weighted by molar-refractivity contribution is -0.856. The van der Waals surface area contributed by atoms with E-state index in [1.807, 2.05) is 33.2 Å². The van der Waals surface area contributed by atoms with E-state index in [0.717, 1.165) is 12.1 Å². The highest BCUT2D eigenvalue weighted by Gasteiger charge is 2.15. The molecule has 0 unspecified atom stereocenters. The molecular weight excluding hydrogens is 345 g/mol. The maximum absolute atomic E-state index is 13.1. The van der Waals surface area contributed by atoms with Crippen LogP contribution in [-0.4, -0.2) is 39.0 Å². The lowest BCUT2D eigenvalue weighted by Gasteiger charge is -2.12. The minimum Gasteiger partial charge on any atom is -0.345 e. The average molecular weight is 370 g/mol. The zero-order chi connectivity index (χ0) is 19.8. The van der Waals surface area contributed by atoms with Gasteiger partial charge in [-0.2, -0.15) is 0 Å². The fourth-order valence-corrected chi connectivity index (χ4v) is 2.30. The van der Waals surface area contributed by atoms with Crippen LogP contribution in [0.15, 0.2) is 54.2 Å². The summed E-state index contributed by atoms with van der Waals surface area (Å²) >= 11 is 0. The minimum atomic E-state index is -0.388. The summed E-state index contributed by atoms with van der Waals surface area (Å²) in [4.78, 5) is 26.2. The third kappa shape index (κ3) is 6.67. The Bertz CT molecular complexity index is 812. The third-order valence-corrected chi connectivity index (χ3v) is 3.90. The van der Waals surface area contributed by atoms with Gasteiger partial charge in [0.05, 0.1) is 27.2 Å². The highest BCUT2D eigenvalue weighted by Crippen LogP contribution is 2.09. The first-order valence-electron chi connectivity index (χ1n) is 8.77. The predicted octanol–water partition coefficient (Wildman–Crippen LogP) is 1.17. The molecule has 142 valence electrons. The maximum Gasteiger partial charge on any atom is 0.268 e. The molecule has 0 aromatic heterocycles. The van der Waals surface area contributed by atoms with Gasteiger partial charge in [-0.1, -0.05) is 29.8 Å². The molecule has 0 aliphatic heterocycles. The van der Waals surface area contributed by atoms with E-state index < -0.39 is 0 Å². The fourth-order valence-electron chi connectivity index (χ4n) is 2.30. The number of hydrogen-bond donors (Lipinski definition) is 3. The zero-order valence-electron chi connectivity index (χ0n) is 15.8. The van der Waals surface area contributed by atoms with Crippen LogP contribution in [0.2, 0.25) is 0 Å². The Kier molecular flexibility index (Phi) is 7.25. The molecule has 0 radical (unpaired) electrons. The quantitative estimate of drug-likeness (QED) is 0.641. The number of quaternary nitrogens is 1. The molecule has 2 aromatic rings. The molecule has 0 atom stereocenters. The Hall–Kier alpha value is -2.99. The van der Waals surface area contributed by atoms with Gasteiger partial charge in [-0.25, -0.2) is 4.39 Å². The lowest BCUT2D eigenvalue weighted by atomic mass is 10.1. The molecule has 5 nitrogen and oxygen atoms in total. The molecule has 0 aliphatic carbocycles. The van der Waals surface area contributed by atoms with Crippen molar-refractivity contribution in [3.05, 3.63) is 76.7 Å². The molecule has 0 bridgehead atoms. The second-order valence-electron chi connectivity index (χ2n) is 6.64. The van der Waals surface area contributed by atoms with Crippen molar-refractivity contribution in [2.45, 2.75) is 6.92 Å². The summed E-state index contributed by atoms with van der Waals surface area (Å²) in [5.41, 5.74) is 2.22. The van der Waals surface area contributed by atoms with Crippen molar-refractivity contribution >= 4 is 17.9 Å². The molecule has 6 heteroatoms. The van der Waals surface area contributed by atoms with Gasteiger partial charge in [0.15, 0.2) is 0 Å². The highest BCUT2D eigenvalue weighted by molar-refractivity contribution is 6.05. The Morgan fingerprint density at radius 2 is 1.67 bits per heavy atom. The average Bonchev–Trinajstić information content (AvgIpc) is 2.63. The van der Waals surface area contributed by atoms with Crippen LogP contribution >= 0.6 is 0 Å². The zero-order valence-corrected chi connectivity index (χ0v) is 15.8. The van der Waals surface area contributed by atoms with Gasteiger partial charge in [0.1, 0.15) is 11.5 Å². The van der Waals surface area contributed by atoms with Gasteiger partial charge in [-0.3, -0.25) is 9.59 Å². The molecule has 0 spiro atoms. The standard InChI is InChI=1S/C21H24FN3O2/c1-15-4-8-17(9-5-15)20(26)24-19(21(27)23-12-13-25(2)3)14-16-6-10-18(22)11-7-16/h4-11,14H,12-13H2,1-3H3,(H,23,27)(H,24,26)/p+1/b19-14-. The number of hydrogen-bond acceptors (Lipinski definition) is 2. The number of benzene rings is 2. The van der Waals surface area contributed by atoms with Crippen molar-refractivity contribution in [2.24, 2.45) is 0 Å². The van der Waals surface area contributed by atoms with Crippen LogP contribution in [0.4, 0.5) is 4.39 Å². The molecule has 0 saturated carbocycles. The van der Waals surface area contributed by atoms with Crippen molar-refractivity contribution in [2.75, 3.05) is 27.2 Å². The maximum atomic E-state index is 13.1. The Morgan fingerprint density at radius 3 is 2.26 bits per heavy atom. The van der Waals surface area contributed by atoms with Gasteiger partial charge >= 0.3 is 0 Å². The van der Waals surface area contributed by atoms with E-state index in [1.165, 1.54) is 23.1 Å². The number of amides is 2. The van der Waals surface area contributed by atoms with E-state index in [0.29, 0.717) is 17.7 Å². The van der Waals surface area contributed by atoms with E-state index in [4.69, 9.17) is 0 Å². The van der Waals surface area contributed by atoms with Crippen LogP contribution in [0.3, 0.4) is 0 Å². The summed E-state index contributed by atoms with van der Waals surface area (Å²) in [5, 5.41) is 5.46. The van der Waals surface area contributed by atoms with Crippen LogP contribution in [0.5, 0.6) is 0 Å². The summed E-state index contributed by atoms with van der Waals surface area (Å²) in [6.07, 6.45) is 1.53. The van der Waals surface area contributed by atoms with E-state index in [2.05, 4.69) is 10.6 Å². The van der Waals surface area contributed by atoms with Gasteiger partial charge in [0.25, 0.3) is 11.8 Å². The molecule has 2 amide bonds. The second-order valence-corrected chi connectivity index (χ2v) is 6.64. The largest absolute Gasteiger partial charge is 0.345 e. The number of carbonyl (C=O) groups is 2. The lowest BCUT2D eigenvalue weighted by Crippen LogP contribution is -3.06. The topological polar surface area (TPSA) is 62.6 Å². The van der Waals surface area contributed by atoms with Gasteiger partial charge in [-0.15, -0.1) is 0 Å². The van der Waals surface area contributed by atoms with Crippen LogP contribution in [-0.2, 0) is 4.79 Å². The molecule has 2 rings (SSSR count). The molecule has 27 heavy (non-hydrogen) atoms. The van der Waals surface area contributed by atoms with Gasteiger partial charge in [0.2, 0.25) is 0 Å². The third-order valence-electron chi connectivity index (χ3n) is 3.90. The molecule has 3 N–H and O–H groups in total. The molecule has 0 aliphatic rings. The predicted molar refractivity (Wildman–Crippen MR) is 104 cm³/mol. The highest BCUT2D eigenvalue weighted by atomic mass is 19.1. The minimum absolute atomic E-state index is 0.112. The number of halogens is 1. The van der Waals surface area contributed by atoms with Crippen LogP contribution < -0.4 is 15.5 Å². The summed E-state index contributed by atoms with van der Waals surface area (Å²) in [6.45, 7) is 3.16. The molecule has 0 saturated heterocycles. The van der Waals surface area contributed by atoms with Crippen molar-refractivity contribution < 1.29 is 18.9 Å². The summed E-state index contributed by atoms with van der Waals surface area (Å²) in [5.74, 6) is -1.13. The molecule has 0 heterocycles. The molecule has 2 aromatic carbocycles.